The van der Waals surface area contributed by atoms with E-state index in [1.807, 2.05) is 37.3 Å². The van der Waals surface area contributed by atoms with Gasteiger partial charge in [0.05, 0.1) is 23.8 Å². The van der Waals surface area contributed by atoms with E-state index in [4.69, 9.17) is 4.74 Å². The van der Waals surface area contributed by atoms with Gasteiger partial charge in [0.2, 0.25) is 0 Å². The van der Waals surface area contributed by atoms with Gasteiger partial charge in [-0.05, 0) is 55.0 Å². The van der Waals surface area contributed by atoms with Crippen molar-refractivity contribution in [2.75, 3.05) is 13.2 Å². The second kappa shape index (κ2) is 8.78. The Labute approximate surface area is 179 Å². The van der Waals surface area contributed by atoms with E-state index < -0.39 is 10.0 Å². The summed E-state index contributed by atoms with van der Waals surface area (Å²) in [6.45, 7) is 5.75. The maximum absolute atomic E-state index is 13.4. The Morgan fingerprint density at radius 1 is 1.03 bits per heavy atom. The highest BCUT2D eigenvalue weighted by Gasteiger charge is 2.36. The molecule has 0 amide bonds. The number of hydrogen-bond acceptors (Lipinski definition) is 3. The minimum atomic E-state index is -3.56. The van der Waals surface area contributed by atoms with Crippen LogP contribution in [0, 0.1) is 12.8 Å². The average molecular weight is 424 g/mol. The monoisotopic (exact) mass is 423 g/mol. The minimum Gasteiger partial charge on any atom is -0.376 e. The molecule has 0 fully saturated rings. The van der Waals surface area contributed by atoms with Crippen LogP contribution in [0.15, 0.2) is 82.4 Å². The van der Waals surface area contributed by atoms with Crippen LogP contribution in [0.1, 0.15) is 37.3 Å². The van der Waals surface area contributed by atoms with Crippen LogP contribution in [0.4, 0.5) is 0 Å². The van der Waals surface area contributed by atoms with Gasteiger partial charge in [-0.3, -0.25) is 4.31 Å². The number of ether oxygens (including phenoxy) is 1. The van der Waals surface area contributed by atoms with Gasteiger partial charge in [0.1, 0.15) is 0 Å². The summed E-state index contributed by atoms with van der Waals surface area (Å²) in [6, 6.07) is 17.3. The number of rotatable bonds is 7. The van der Waals surface area contributed by atoms with E-state index in [1.54, 1.807) is 16.4 Å². The zero-order valence-corrected chi connectivity index (χ0v) is 18.5. The van der Waals surface area contributed by atoms with Crippen LogP contribution in [0.25, 0.3) is 0 Å². The number of aryl methyl sites for hydroxylation is 1. The molecule has 1 atom stereocenters. The standard InChI is InChI=1S/C25H29NO3S/c1-19-11-13-23(14-12-19)30(27,28)26-16-15-22-9-6-10-24(25(22)26)20(2)17-29-18-21-7-4-3-5-8-21/h3-5,7-8,10-14,20H,6,9,15-18H2,1-2H3/t20-/m0/s1. The van der Waals surface area contributed by atoms with Gasteiger partial charge in [0.15, 0.2) is 0 Å². The summed E-state index contributed by atoms with van der Waals surface area (Å²) in [7, 11) is -3.56. The van der Waals surface area contributed by atoms with Crippen molar-refractivity contribution in [2.45, 2.75) is 44.6 Å². The van der Waals surface area contributed by atoms with Crippen LogP contribution in [0.3, 0.4) is 0 Å². The molecule has 2 aliphatic rings. The van der Waals surface area contributed by atoms with E-state index in [9.17, 15) is 8.42 Å². The predicted octanol–water partition coefficient (Wildman–Crippen LogP) is 5.22. The van der Waals surface area contributed by atoms with Gasteiger partial charge in [-0.15, -0.1) is 0 Å². The van der Waals surface area contributed by atoms with Crippen LogP contribution in [0.5, 0.6) is 0 Å². The van der Waals surface area contributed by atoms with Gasteiger partial charge >= 0.3 is 0 Å². The van der Waals surface area contributed by atoms with Crippen molar-refractivity contribution >= 4 is 10.0 Å². The molecule has 2 aromatic rings. The normalized spacial score (nSPS) is 17.7. The van der Waals surface area contributed by atoms with Crippen molar-refractivity contribution in [1.29, 1.82) is 0 Å². The fraction of sp³-hybridized carbons (Fsp3) is 0.360. The molecular formula is C25H29NO3S. The smallest absolute Gasteiger partial charge is 0.264 e. The summed E-state index contributed by atoms with van der Waals surface area (Å²) in [5, 5.41) is 0. The lowest BCUT2D eigenvalue weighted by atomic mass is 9.89. The molecule has 0 N–H and O–H groups in total. The van der Waals surface area contributed by atoms with E-state index >= 15 is 0 Å². The number of sulfonamides is 1. The summed E-state index contributed by atoms with van der Waals surface area (Å²) < 4.78 is 34.4. The Bertz CT molecular complexity index is 1050. The molecule has 0 aromatic heterocycles. The van der Waals surface area contributed by atoms with Crippen molar-refractivity contribution in [2.24, 2.45) is 5.92 Å². The zero-order valence-electron chi connectivity index (χ0n) is 17.7. The van der Waals surface area contributed by atoms with Crippen molar-refractivity contribution in [3.05, 3.63) is 88.6 Å². The van der Waals surface area contributed by atoms with Gasteiger partial charge in [-0.25, -0.2) is 8.42 Å². The second-order valence-corrected chi connectivity index (χ2v) is 10.1. The fourth-order valence-corrected chi connectivity index (χ4v) is 5.80. The molecule has 5 heteroatoms. The van der Waals surface area contributed by atoms with Crippen molar-refractivity contribution < 1.29 is 13.2 Å². The zero-order chi connectivity index (χ0) is 21.1. The third-order valence-electron chi connectivity index (χ3n) is 5.90. The van der Waals surface area contributed by atoms with E-state index in [1.165, 1.54) is 5.57 Å². The molecule has 1 aliphatic heterocycles. The second-order valence-electron chi connectivity index (χ2n) is 8.19. The number of allylic oxidation sites excluding steroid dienone is 2. The molecule has 0 spiro atoms. The van der Waals surface area contributed by atoms with Crippen molar-refractivity contribution in [1.82, 2.24) is 4.31 Å². The van der Waals surface area contributed by atoms with Crippen LogP contribution < -0.4 is 0 Å². The lowest BCUT2D eigenvalue weighted by Gasteiger charge is -2.29. The van der Waals surface area contributed by atoms with E-state index in [0.717, 1.165) is 41.7 Å². The Kier molecular flexibility index (Phi) is 6.11. The van der Waals surface area contributed by atoms with Gasteiger partial charge in [0, 0.05) is 12.5 Å². The molecule has 1 aliphatic carbocycles. The van der Waals surface area contributed by atoms with E-state index in [0.29, 0.717) is 24.7 Å². The molecule has 0 saturated carbocycles. The van der Waals surface area contributed by atoms with E-state index in [-0.39, 0.29) is 5.92 Å². The first-order valence-electron chi connectivity index (χ1n) is 10.6. The van der Waals surface area contributed by atoms with Gasteiger partial charge in [-0.1, -0.05) is 61.0 Å². The number of benzene rings is 2. The number of hydrogen-bond donors (Lipinski definition) is 0. The Hall–Kier alpha value is -2.37. The third-order valence-corrected chi connectivity index (χ3v) is 7.72. The topological polar surface area (TPSA) is 46.6 Å². The first kappa shape index (κ1) is 20.9. The highest BCUT2D eigenvalue weighted by molar-refractivity contribution is 7.89. The van der Waals surface area contributed by atoms with Crippen molar-refractivity contribution in [3.63, 3.8) is 0 Å². The quantitative estimate of drug-likeness (QED) is 0.614. The fourth-order valence-electron chi connectivity index (χ4n) is 4.26. The SMILES string of the molecule is Cc1ccc(S(=O)(=O)N2CCC3=C2C([C@@H](C)COCc2ccccc2)=CCC3)cc1. The summed E-state index contributed by atoms with van der Waals surface area (Å²) in [4.78, 5) is 0.361. The minimum absolute atomic E-state index is 0.132. The van der Waals surface area contributed by atoms with Crippen LogP contribution in [0.2, 0.25) is 0 Å². The highest BCUT2D eigenvalue weighted by atomic mass is 32.2. The lowest BCUT2D eigenvalue weighted by molar-refractivity contribution is 0.101. The van der Waals surface area contributed by atoms with Crippen LogP contribution >= 0.6 is 0 Å². The first-order chi connectivity index (χ1) is 14.5. The molecule has 0 unspecified atom stereocenters. The van der Waals surface area contributed by atoms with Crippen LogP contribution in [-0.2, 0) is 21.4 Å². The summed E-state index contributed by atoms with van der Waals surface area (Å²) in [6.07, 6.45) is 4.93. The summed E-state index contributed by atoms with van der Waals surface area (Å²) in [5.41, 5.74) is 5.48. The molecule has 4 rings (SSSR count). The molecule has 30 heavy (non-hydrogen) atoms. The first-order valence-corrected chi connectivity index (χ1v) is 12.0. The molecule has 158 valence electrons. The molecule has 2 aromatic carbocycles. The predicted molar refractivity (Wildman–Crippen MR) is 119 cm³/mol. The lowest BCUT2D eigenvalue weighted by Crippen LogP contribution is -2.31. The Balaban J connectivity index is 1.52. The Morgan fingerprint density at radius 2 is 1.77 bits per heavy atom. The maximum Gasteiger partial charge on any atom is 0.264 e. The molecular weight excluding hydrogens is 394 g/mol. The highest BCUT2D eigenvalue weighted by Crippen LogP contribution is 2.41. The van der Waals surface area contributed by atoms with Gasteiger partial charge < -0.3 is 4.74 Å². The molecule has 0 saturated heterocycles. The van der Waals surface area contributed by atoms with Gasteiger partial charge in [0.25, 0.3) is 10.0 Å². The van der Waals surface area contributed by atoms with E-state index in [2.05, 4.69) is 25.1 Å². The molecule has 0 bridgehead atoms. The summed E-state index contributed by atoms with van der Waals surface area (Å²) >= 11 is 0. The molecule has 1 heterocycles. The molecule has 4 nitrogen and oxygen atoms in total. The number of nitrogens with zero attached hydrogens (tertiary/aromatic N) is 1. The van der Waals surface area contributed by atoms with Crippen LogP contribution in [-0.4, -0.2) is 25.9 Å². The third kappa shape index (κ3) is 4.23. The van der Waals surface area contributed by atoms with Crippen molar-refractivity contribution in [3.8, 4) is 0 Å². The maximum atomic E-state index is 13.4. The summed E-state index contributed by atoms with van der Waals surface area (Å²) in [5.74, 6) is 0.132. The largest absolute Gasteiger partial charge is 0.376 e. The molecule has 0 radical (unpaired) electrons. The van der Waals surface area contributed by atoms with Gasteiger partial charge in [-0.2, -0.15) is 0 Å². The average Bonchev–Trinajstić information content (AvgIpc) is 3.20. The Morgan fingerprint density at radius 3 is 2.50 bits per heavy atom.